The van der Waals surface area contributed by atoms with Crippen molar-refractivity contribution in [2.45, 2.75) is 55.7 Å². The van der Waals surface area contributed by atoms with E-state index in [1.165, 1.54) is 6.08 Å². The number of thioether (sulfide) groups is 1. The highest BCUT2D eigenvalue weighted by molar-refractivity contribution is 8.02. The van der Waals surface area contributed by atoms with Gasteiger partial charge >= 0.3 is 5.97 Å². The molecule has 2 bridgehead atoms. The van der Waals surface area contributed by atoms with E-state index in [0.29, 0.717) is 12.8 Å². The largest absolute Gasteiger partial charge is 0.461 e. The van der Waals surface area contributed by atoms with E-state index in [1.807, 2.05) is 56.3 Å². The molecule has 1 N–H and O–H groups in total. The molecular weight excluding hydrogens is 536 g/mol. The monoisotopic (exact) mass is 576 g/mol. The number of rotatable bonds is 11. The number of hydrogen-bond acceptors (Lipinski definition) is 6. The normalized spacial score (nSPS) is 29.0. The fourth-order valence-electron chi connectivity index (χ4n) is 7.40. The van der Waals surface area contributed by atoms with Crippen molar-refractivity contribution >= 4 is 46.0 Å². The summed E-state index contributed by atoms with van der Waals surface area (Å²) < 4.78 is 4.69. The molecule has 0 aliphatic carbocycles. The number of aliphatic hydroxyl groups is 1. The summed E-state index contributed by atoms with van der Waals surface area (Å²) in [6, 6.07) is 12.5. The van der Waals surface area contributed by atoms with Gasteiger partial charge in [-0.2, -0.15) is 0 Å². The van der Waals surface area contributed by atoms with Crippen LogP contribution in [0.1, 0.15) is 33.6 Å². The minimum absolute atomic E-state index is 0.00873. The summed E-state index contributed by atoms with van der Waals surface area (Å²) in [5, 5.41) is 12.5. The second-order valence-corrected chi connectivity index (χ2v) is 13.5. The van der Waals surface area contributed by atoms with Crippen LogP contribution in [0.2, 0.25) is 0 Å². The van der Waals surface area contributed by atoms with Crippen molar-refractivity contribution in [3.05, 3.63) is 67.8 Å². The molecule has 5 rings (SSSR count). The lowest BCUT2D eigenvalue weighted by Gasteiger charge is -2.42. The Bertz CT molecular complexity index is 1360. The van der Waals surface area contributed by atoms with Crippen LogP contribution in [0.4, 0.5) is 5.69 Å². The first-order valence-corrected chi connectivity index (χ1v) is 15.4. The van der Waals surface area contributed by atoms with Gasteiger partial charge in [0.15, 0.2) is 0 Å². The Morgan fingerprint density at radius 3 is 2.59 bits per heavy atom. The molecule has 3 aliphatic heterocycles. The Morgan fingerprint density at radius 1 is 1.20 bits per heavy atom. The lowest BCUT2D eigenvalue weighted by molar-refractivity contribution is -0.154. The summed E-state index contributed by atoms with van der Waals surface area (Å²) in [5.41, 5.74) is 0.720. The SMILES string of the molecule is C=CCOC(=O)[C@@H]1[C@@H]2CC(C)C3(S2)C(C(=O)N(CC=C)c2ccc4ccccc4c2)N([C@@H](CO)CC(C)C)C(=O)[C@H]13. The highest BCUT2D eigenvalue weighted by Crippen LogP contribution is 2.69. The zero-order valence-electron chi connectivity index (χ0n) is 24.1. The number of likely N-dealkylation sites (tertiary alicyclic amines) is 1. The lowest BCUT2D eigenvalue weighted by Crippen LogP contribution is -2.59. The van der Waals surface area contributed by atoms with Gasteiger partial charge in [-0.15, -0.1) is 18.3 Å². The number of nitrogens with zero attached hydrogens (tertiary/aromatic N) is 2. The van der Waals surface area contributed by atoms with E-state index < -0.39 is 34.6 Å². The van der Waals surface area contributed by atoms with Crippen molar-refractivity contribution in [1.82, 2.24) is 4.90 Å². The van der Waals surface area contributed by atoms with Crippen LogP contribution >= 0.6 is 11.8 Å². The fraction of sp³-hybridized carbons (Fsp3) is 0.485. The number of hydrogen-bond donors (Lipinski definition) is 1. The molecule has 2 amide bonds. The fourth-order valence-corrected chi connectivity index (χ4v) is 9.79. The first-order valence-electron chi connectivity index (χ1n) is 14.5. The molecule has 8 heteroatoms. The van der Waals surface area contributed by atoms with Gasteiger partial charge in [-0.05, 0) is 47.6 Å². The Kier molecular flexibility index (Phi) is 8.35. The Hall–Kier alpha value is -3.10. The van der Waals surface area contributed by atoms with Gasteiger partial charge in [-0.1, -0.05) is 69.8 Å². The molecule has 41 heavy (non-hydrogen) atoms. The summed E-state index contributed by atoms with van der Waals surface area (Å²) in [6.45, 7) is 13.8. The molecule has 3 aliphatic rings. The van der Waals surface area contributed by atoms with Crippen molar-refractivity contribution in [2.24, 2.45) is 23.7 Å². The predicted octanol–water partition coefficient (Wildman–Crippen LogP) is 4.83. The van der Waals surface area contributed by atoms with Gasteiger partial charge in [-0.25, -0.2) is 0 Å². The first-order chi connectivity index (χ1) is 19.7. The van der Waals surface area contributed by atoms with Crippen LogP contribution in [-0.2, 0) is 19.1 Å². The van der Waals surface area contributed by atoms with Crippen LogP contribution in [0.3, 0.4) is 0 Å². The van der Waals surface area contributed by atoms with Crippen molar-refractivity contribution in [2.75, 3.05) is 24.7 Å². The minimum atomic E-state index is -0.843. The number of carbonyl (C=O) groups is 3. The zero-order valence-corrected chi connectivity index (χ0v) is 24.9. The molecule has 0 aromatic heterocycles. The molecule has 3 saturated heterocycles. The Morgan fingerprint density at radius 2 is 1.93 bits per heavy atom. The van der Waals surface area contributed by atoms with Gasteiger partial charge in [0.05, 0.1) is 29.2 Å². The van der Waals surface area contributed by atoms with Crippen LogP contribution in [0, 0.1) is 23.7 Å². The van der Waals surface area contributed by atoms with E-state index in [-0.39, 0.29) is 48.7 Å². The van der Waals surface area contributed by atoms with Crippen molar-refractivity contribution in [3.8, 4) is 0 Å². The van der Waals surface area contributed by atoms with Crippen molar-refractivity contribution in [3.63, 3.8) is 0 Å². The average molecular weight is 577 g/mol. The molecule has 218 valence electrons. The van der Waals surface area contributed by atoms with Crippen LogP contribution in [0.25, 0.3) is 10.8 Å². The highest BCUT2D eigenvalue weighted by Gasteiger charge is 2.77. The molecule has 7 atom stereocenters. The summed E-state index contributed by atoms with van der Waals surface area (Å²) in [6.07, 6.45) is 4.47. The van der Waals surface area contributed by atoms with Crippen LogP contribution < -0.4 is 4.90 Å². The topological polar surface area (TPSA) is 87.2 Å². The van der Waals surface area contributed by atoms with E-state index in [0.717, 1.165) is 16.5 Å². The maximum atomic E-state index is 14.9. The van der Waals surface area contributed by atoms with Crippen LogP contribution in [-0.4, -0.2) is 69.6 Å². The number of amides is 2. The van der Waals surface area contributed by atoms with E-state index >= 15 is 0 Å². The molecule has 3 unspecified atom stereocenters. The number of ether oxygens (including phenoxy) is 1. The third-order valence-corrected chi connectivity index (χ3v) is 11.1. The summed E-state index contributed by atoms with van der Waals surface area (Å²) in [7, 11) is 0. The number of carbonyl (C=O) groups excluding carboxylic acids is 3. The maximum absolute atomic E-state index is 14.9. The number of anilines is 1. The van der Waals surface area contributed by atoms with Crippen molar-refractivity contribution < 1.29 is 24.2 Å². The minimum Gasteiger partial charge on any atom is -0.461 e. The molecule has 3 fully saturated rings. The lowest BCUT2D eigenvalue weighted by atomic mass is 9.66. The number of benzene rings is 2. The molecule has 3 heterocycles. The Balaban J connectivity index is 1.63. The Labute approximate surface area is 246 Å². The molecule has 2 aromatic carbocycles. The third kappa shape index (κ3) is 4.79. The first kappa shape index (κ1) is 29.4. The van der Waals surface area contributed by atoms with E-state index in [2.05, 4.69) is 20.1 Å². The predicted molar refractivity (Wildman–Crippen MR) is 163 cm³/mol. The summed E-state index contributed by atoms with van der Waals surface area (Å²) >= 11 is 1.61. The van der Waals surface area contributed by atoms with Gasteiger partial charge in [0.1, 0.15) is 12.6 Å². The molecule has 7 nitrogen and oxygen atoms in total. The molecular formula is C33H40N2O5S. The van der Waals surface area contributed by atoms with E-state index in [9.17, 15) is 19.5 Å². The van der Waals surface area contributed by atoms with Crippen LogP contribution in [0.5, 0.6) is 0 Å². The van der Waals surface area contributed by atoms with Crippen LogP contribution in [0.15, 0.2) is 67.8 Å². The highest BCUT2D eigenvalue weighted by atomic mass is 32.2. The molecule has 2 aromatic rings. The second-order valence-electron chi connectivity index (χ2n) is 12.0. The second kappa shape index (κ2) is 11.6. The average Bonchev–Trinajstić information content (AvgIpc) is 3.56. The van der Waals surface area contributed by atoms with E-state index in [4.69, 9.17) is 4.74 Å². The summed E-state index contributed by atoms with van der Waals surface area (Å²) in [5.74, 6) is -2.00. The summed E-state index contributed by atoms with van der Waals surface area (Å²) in [4.78, 5) is 46.1. The van der Waals surface area contributed by atoms with Gasteiger partial charge in [-0.3, -0.25) is 14.4 Å². The number of fused-ring (bicyclic) bond motifs is 2. The number of esters is 1. The van der Waals surface area contributed by atoms with Gasteiger partial charge in [0, 0.05) is 17.5 Å². The third-order valence-electron chi connectivity index (χ3n) is 9.00. The smallest absolute Gasteiger partial charge is 0.311 e. The standard InChI is InChI=1S/C33H40N2O5S/c1-6-14-34(24-13-12-22-10-8-9-11-23(22)18-24)31(38)29-33-21(5)17-26(41-33)27(32(39)40-15-7-2)28(33)30(37)35(29)25(19-36)16-20(3)4/h6-13,18,20-21,25-29,36H,1-2,14-17,19H2,3-5H3/t21?,25-,26+,27-,28+,29?,33?/m1/s1. The van der Waals surface area contributed by atoms with Gasteiger partial charge < -0.3 is 19.6 Å². The van der Waals surface area contributed by atoms with Gasteiger partial charge in [0.2, 0.25) is 5.91 Å². The molecule has 0 saturated carbocycles. The van der Waals surface area contributed by atoms with Gasteiger partial charge in [0.25, 0.3) is 5.91 Å². The zero-order chi connectivity index (χ0) is 29.5. The molecule has 1 spiro atoms. The quantitative estimate of drug-likeness (QED) is 0.305. The molecule has 0 radical (unpaired) electrons. The van der Waals surface area contributed by atoms with Crippen molar-refractivity contribution in [1.29, 1.82) is 0 Å². The number of aliphatic hydroxyl groups excluding tert-OH is 1. The maximum Gasteiger partial charge on any atom is 0.311 e. The van der Waals surface area contributed by atoms with E-state index in [1.54, 1.807) is 27.6 Å².